The van der Waals surface area contributed by atoms with Crippen LogP contribution in [-0.2, 0) is 4.74 Å². The minimum absolute atomic E-state index is 0.173. The van der Waals surface area contributed by atoms with E-state index in [0.29, 0.717) is 22.3 Å². The normalized spacial score (nSPS) is 32.4. The van der Waals surface area contributed by atoms with E-state index in [1.165, 1.54) is 17.2 Å². The van der Waals surface area contributed by atoms with Crippen LogP contribution in [-0.4, -0.2) is 70.3 Å². The summed E-state index contributed by atoms with van der Waals surface area (Å²) in [7, 11) is 0. The molecule has 2 aromatic heterocycles. The molecule has 4 N–H and O–H groups in total. The largest absolute Gasteiger partial charge is 0.383 e. The zero-order valence-corrected chi connectivity index (χ0v) is 17.3. The second-order valence-corrected chi connectivity index (χ2v) is 8.98. The van der Waals surface area contributed by atoms with Gasteiger partial charge in [-0.3, -0.25) is 19.1 Å². The second-order valence-electron chi connectivity index (χ2n) is 8.98. The summed E-state index contributed by atoms with van der Waals surface area (Å²) in [6, 6.07) is 6.54. The SMILES string of the molecule is CC1(C)[C@]2(O)[C@H](n3cnc4c(N)ncnc43)O[C@H](CN3C(=O)c4ccccc4C3=O)[C@]12O. The zero-order valence-electron chi connectivity index (χ0n) is 17.3. The van der Waals surface area contributed by atoms with Crippen LogP contribution in [0.1, 0.15) is 40.8 Å². The van der Waals surface area contributed by atoms with Crippen LogP contribution in [0.3, 0.4) is 0 Å². The molecule has 11 heteroatoms. The second kappa shape index (κ2) is 5.68. The summed E-state index contributed by atoms with van der Waals surface area (Å²) >= 11 is 0. The number of nitrogens with zero attached hydrogens (tertiary/aromatic N) is 5. The quantitative estimate of drug-likeness (QED) is 0.485. The highest BCUT2D eigenvalue weighted by Gasteiger charge is 2.92. The molecule has 1 saturated heterocycles. The highest BCUT2D eigenvalue weighted by molar-refractivity contribution is 6.21. The number of aliphatic hydroxyl groups is 2. The van der Waals surface area contributed by atoms with Gasteiger partial charge < -0.3 is 20.7 Å². The summed E-state index contributed by atoms with van der Waals surface area (Å²) in [6.07, 6.45) is 0.584. The lowest BCUT2D eigenvalue weighted by Crippen LogP contribution is -2.45. The van der Waals surface area contributed by atoms with Crippen LogP contribution in [0.4, 0.5) is 5.82 Å². The van der Waals surface area contributed by atoms with Crippen molar-refractivity contribution in [3.63, 3.8) is 0 Å². The number of hydrogen-bond acceptors (Lipinski definition) is 9. The Kier molecular flexibility index (Phi) is 3.43. The maximum absolute atomic E-state index is 12.8. The first kappa shape index (κ1) is 19.3. The lowest BCUT2D eigenvalue weighted by Gasteiger charge is -2.29. The third-order valence-electron chi connectivity index (χ3n) is 7.41. The van der Waals surface area contributed by atoms with Gasteiger partial charge in [-0.25, -0.2) is 15.0 Å². The van der Waals surface area contributed by atoms with E-state index >= 15 is 0 Å². The molecule has 3 aliphatic rings. The van der Waals surface area contributed by atoms with Crippen molar-refractivity contribution in [2.75, 3.05) is 12.3 Å². The van der Waals surface area contributed by atoms with Gasteiger partial charge in [0.2, 0.25) is 0 Å². The average molecular weight is 436 g/mol. The number of anilines is 1. The van der Waals surface area contributed by atoms with Crippen molar-refractivity contribution in [1.82, 2.24) is 24.4 Å². The summed E-state index contributed by atoms with van der Waals surface area (Å²) < 4.78 is 7.59. The highest BCUT2D eigenvalue weighted by atomic mass is 16.6. The molecule has 2 aliphatic heterocycles. The van der Waals surface area contributed by atoms with Gasteiger partial charge in [-0.2, -0.15) is 0 Å². The molecule has 11 nitrogen and oxygen atoms in total. The molecular formula is C21H20N6O5. The number of hydrogen-bond donors (Lipinski definition) is 3. The summed E-state index contributed by atoms with van der Waals surface area (Å²) in [6.45, 7) is 3.20. The van der Waals surface area contributed by atoms with Crippen molar-refractivity contribution in [2.24, 2.45) is 5.41 Å². The van der Waals surface area contributed by atoms with Gasteiger partial charge in [-0.15, -0.1) is 0 Å². The monoisotopic (exact) mass is 436 g/mol. The van der Waals surface area contributed by atoms with Gasteiger partial charge in [0.05, 0.1) is 24.0 Å². The molecule has 1 saturated carbocycles. The van der Waals surface area contributed by atoms with E-state index in [2.05, 4.69) is 15.0 Å². The summed E-state index contributed by atoms with van der Waals surface area (Å²) in [5.74, 6) is -0.750. The molecule has 4 heterocycles. The van der Waals surface area contributed by atoms with Gasteiger partial charge in [0.1, 0.15) is 29.2 Å². The highest BCUT2D eigenvalue weighted by Crippen LogP contribution is 2.75. The number of aromatic nitrogens is 4. The Morgan fingerprint density at radius 1 is 1.06 bits per heavy atom. The summed E-state index contributed by atoms with van der Waals surface area (Å²) in [5.41, 5.74) is 2.73. The molecule has 0 unspecified atom stereocenters. The Morgan fingerprint density at radius 3 is 2.38 bits per heavy atom. The number of benzene rings is 1. The van der Waals surface area contributed by atoms with Crippen molar-refractivity contribution in [3.05, 3.63) is 48.0 Å². The van der Waals surface area contributed by atoms with Crippen LogP contribution in [0.2, 0.25) is 0 Å². The molecule has 1 aliphatic carbocycles. The Hall–Kier alpha value is -3.41. The fraction of sp³-hybridized carbons (Fsp3) is 0.381. The first-order valence-corrected chi connectivity index (χ1v) is 10.1. The molecule has 32 heavy (non-hydrogen) atoms. The van der Waals surface area contributed by atoms with Crippen LogP contribution >= 0.6 is 0 Å². The van der Waals surface area contributed by atoms with Gasteiger partial charge in [-0.1, -0.05) is 26.0 Å². The number of nitrogens with two attached hydrogens (primary N) is 1. The predicted molar refractivity (Wildman–Crippen MR) is 109 cm³/mol. The molecule has 2 amide bonds. The van der Waals surface area contributed by atoms with Crippen LogP contribution in [0.5, 0.6) is 0 Å². The Balaban J connectivity index is 1.39. The summed E-state index contributed by atoms with van der Waals surface area (Å²) in [5, 5.41) is 23.1. The third-order valence-corrected chi connectivity index (χ3v) is 7.41. The predicted octanol–water partition coefficient (Wildman–Crippen LogP) is 0.104. The smallest absolute Gasteiger partial charge is 0.261 e. The number of ether oxygens (including phenoxy) is 1. The van der Waals surface area contributed by atoms with E-state index in [4.69, 9.17) is 10.5 Å². The fourth-order valence-corrected chi connectivity index (χ4v) is 5.45. The van der Waals surface area contributed by atoms with Crippen LogP contribution in [0.15, 0.2) is 36.9 Å². The van der Waals surface area contributed by atoms with Crippen LogP contribution < -0.4 is 5.73 Å². The van der Waals surface area contributed by atoms with Crippen molar-refractivity contribution in [1.29, 1.82) is 0 Å². The number of rotatable bonds is 3. The Bertz CT molecular complexity index is 1300. The van der Waals surface area contributed by atoms with Gasteiger partial charge in [0.25, 0.3) is 11.8 Å². The number of fused-ring (bicyclic) bond motifs is 3. The van der Waals surface area contributed by atoms with E-state index in [1.807, 2.05) is 0 Å². The average Bonchev–Trinajstić information content (AvgIpc) is 3.21. The molecule has 6 rings (SSSR count). The lowest BCUT2D eigenvalue weighted by molar-refractivity contribution is -0.114. The number of carbonyl (C=O) groups excluding carboxylic acids is 2. The molecule has 2 fully saturated rings. The zero-order chi connectivity index (χ0) is 22.6. The maximum Gasteiger partial charge on any atom is 0.261 e. The molecule has 3 aromatic rings. The number of nitrogen functional groups attached to an aromatic ring is 1. The Labute approximate surface area is 181 Å². The molecule has 1 aromatic carbocycles. The van der Waals surface area contributed by atoms with Crippen molar-refractivity contribution in [3.8, 4) is 0 Å². The van der Waals surface area contributed by atoms with Crippen molar-refractivity contribution >= 4 is 28.8 Å². The summed E-state index contributed by atoms with van der Waals surface area (Å²) in [4.78, 5) is 39.1. The van der Waals surface area contributed by atoms with E-state index in [1.54, 1.807) is 38.1 Å². The number of imide groups is 1. The minimum atomic E-state index is -1.71. The minimum Gasteiger partial charge on any atom is -0.383 e. The Morgan fingerprint density at radius 2 is 1.72 bits per heavy atom. The van der Waals surface area contributed by atoms with Crippen molar-refractivity contribution in [2.45, 2.75) is 37.4 Å². The molecule has 0 spiro atoms. The van der Waals surface area contributed by atoms with E-state index in [9.17, 15) is 19.8 Å². The topological polar surface area (TPSA) is 157 Å². The molecule has 0 radical (unpaired) electrons. The molecule has 164 valence electrons. The number of carbonyl (C=O) groups is 2. The van der Waals surface area contributed by atoms with E-state index in [-0.39, 0.29) is 12.4 Å². The van der Waals surface area contributed by atoms with Crippen molar-refractivity contribution < 1.29 is 24.5 Å². The third kappa shape index (κ3) is 1.91. The van der Waals surface area contributed by atoms with E-state index in [0.717, 1.165) is 4.90 Å². The van der Waals surface area contributed by atoms with Gasteiger partial charge in [0, 0.05) is 5.41 Å². The number of amides is 2. The van der Waals surface area contributed by atoms with Crippen LogP contribution in [0, 0.1) is 5.41 Å². The van der Waals surface area contributed by atoms with Gasteiger partial charge in [-0.05, 0) is 12.1 Å². The van der Waals surface area contributed by atoms with E-state index < -0.39 is 40.8 Å². The standard InChI is InChI=1S/C21H20N6O5/c1-19(2)20(30)12(7-26-16(28)10-5-3-4-6-11(10)17(26)29)32-18(21(19,20)31)27-9-25-13-14(22)23-8-24-15(13)27/h3-6,8-9,12,18,30-31H,7H2,1-2H3,(H2,22,23,24)/t12-,18-,20+,21-/m1/s1. The molecule has 0 bridgehead atoms. The lowest BCUT2D eigenvalue weighted by atomic mass is 10.0. The fourth-order valence-electron chi connectivity index (χ4n) is 5.45. The van der Waals surface area contributed by atoms with Gasteiger partial charge >= 0.3 is 0 Å². The first-order valence-electron chi connectivity index (χ1n) is 10.1. The molecule has 4 atom stereocenters. The maximum atomic E-state index is 12.8. The number of imidazole rings is 1. The first-order chi connectivity index (χ1) is 15.1. The molecular weight excluding hydrogens is 416 g/mol. The van der Waals surface area contributed by atoms with Crippen LogP contribution in [0.25, 0.3) is 11.2 Å². The van der Waals surface area contributed by atoms with Gasteiger partial charge in [0.15, 0.2) is 17.7 Å².